The Hall–Kier alpha value is -1.71. The molecule has 36 heavy (non-hydrogen) atoms. The van der Waals surface area contributed by atoms with Crippen LogP contribution in [-0.2, 0) is 29.9 Å². The highest BCUT2D eigenvalue weighted by molar-refractivity contribution is 6.69. The molecule has 1 aliphatic heterocycles. The van der Waals surface area contributed by atoms with Gasteiger partial charge in [0.15, 0.2) is 19.9 Å². The minimum atomic E-state index is -2.09. The third-order valence-electron chi connectivity index (χ3n) is 8.48. The van der Waals surface area contributed by atoms with Crippen LogP contribution < -0.4 is 4.74 Å². The van der Waals surface area contributed by atoms with Crippen molar-refractivity contribution in [2.45, 2.75) is 89.4 Å². The van der Waals surface area contributed by atoms with Gasteiger partial charge in [-0.15, -0.1) is 0 Å². The first-order valence-corrected chi connectivity index (χ1v) is 16.4. The number of methoxy groups -OCH3 is 2. The monoisotopic (exact) mass is 516 g/mol. The zero-order chi connectivity index (χ0) is 26.2. The molecule has 198 valence electrons. The summed E-state index contributed by atoms with van der Waals surface area (Å²) < 4.78 is 31.5. The Balaban J connectivity index is 1.63. The summed E-state index contributed by atoms with van der Waals surface area (Å²) in [6, 6.07) is 5.78. The van der Waals surface area contributed by atoms with Gasteiger partial charge in [-0.2, -0.15) is 0 Å². The van der Waals surface area contributed by atoms with Crippen LogP contribution in [0.2, 0.25) is 19.6 Å². The lowest BCUT2D eigenvalue weighted by molar-refractivity contribution is -0.201. The van der Waals surface area contributed by atoms with Gasteiger partial charge in [-0.25, -0.2) is 0 Å². The van der Waals surface area contributed by atoms with E-state index in [1.165, 1.54) is 0 Å². The van der Waals surface area contributed by atoms with E-state index in [9.17, 15) is 9.90 Å². The zero-order valence-electron chi connectivity index (χ0n) is 22.7. The highest BCUT2D eigenvalue weighted by Crippen LogP contribution is 2.57. The van der Waals surface area contributed by atoms with Crippen molar-refractivity contribution >= 4 is 19.9 Å². The molecule has 1 aromatic rings. The lowest BCUT2D eigenvalue weighted by atomic mass is 9.56. The molecule has 0 bridgehead atoms. The Labute approximate surface area is 215 Å². The molecule has 5 rings (SSSR count). The van der Waals surface area contributed by atoms with Crippen molar-refractivity contribution in [1.29, 1.82) is 0 Å². The predicted molar refractivity (Wildman–Crippen MR) is 138 cm³/mol. The Kier molecular flexibility index (Phi) is 6.24. The van der Waals surface area contributed by atoms with Crippen LogP contribution in [0.3, 0.4) is 0 Å². The Morgan fingerprint density at radius 2 is 1.89 bits per heavy atom. The fraction of sp³-hybridized carbons (Fsp3) is 0.679. The van der Waals surface area contributed by atoms with Gasteiger partial charge in [-0.05, 0) is 83.1 Å². The summed E-state index contributed by atoms with van der Waals surface area (Å²) in [6.45, 7) is 12.3. The Morgan fingerprint density at radius 1 is 1.17 bits per heavy atom. The molecular weight excluding hydrogens is 476 g/mol. The standard InChI is InChI=1S/C28H40O7Si/c1-15(31-4)28(35-36(6,7)8)14-19-18(25-26(28)34-27(2,3)33-25)13-17-12-16-10-9-11-20(32-5)21(16)24(30)22(17)23(19)29/h9-11,15,17-19,25-26,30H,12-14H2,1-8H3/t15-,17?,18+,19+,25-,26-,28-/m1/s1. The normalized spacial score (nSPS) is 36.0. The number of hydrogen-bond acceptors (Lipinski definition) is 7. The molecule has 2 saturated carbocycles. The molecular formula is C28H40O7Si. The second-order valence-corrected chi connectivity index (χ2v) is 16.7. The minimum absolute atomic E-state index is 0.0103. The molecule has 4 aliphatic rings. The summed E-state index contributed by atoms with van der Waals surface area (Å²) in [7, 11) is 1.18. The number of benzene rings is 1. The fourth-order valence-corrected chi connectivity index (χ4v) is 8.69. The van der Waals surface area contributed by atoms with E-state index in [-0.39, 0.29) is 47.6 Å². The predicted octanol–water partition coefficient (Wildman–Crippen LogP) is 4.89. The van der Waals surface area contributed by atoms with Gasteiger partial charge in [0.2, 0.25) is 0 Å². The largest absolute Gasteiger partial charge is 0.507 e. The molecule has 0 amide bonds. The number of Topliss-reactive ketones (excluding diaryl/α,β-unsaturated/α-hetero) is 1. The van der Waals surface area contributed by atoms with Crippen LogP contribution in [0, 0.1) is 17.8 Å². The molecule has 7 atom stereocenters. The van der Waals surface area contributed by atoms with Crippen molar-refractivity contribution in [1.82, 2.24) is 0 Å². The number of ketones is 1. The van der Waals surface area contributed by atoms with Gasteiger partial charge in [0.25, 0.3) is 0 Å². The Morgan fingerprint density at radius 3 is 2.53 bits per heavy atom. The molecule has 0 spiro atoms. The molecule has 1 unspecified atom stereocenters. The lowest BCUT2D eigenvalue weighted by Crippen LogP contribution is -2.68. The highest BCUT2D eigenvalue weighted by Gasteiger charge is 2.66. The SMILES string of the molecule is COc1cccc2c1C(O)=C1C(=O)[C@H]3C[C@@](O[Si](C)(C)C)([C@@H](C)OC)[C@@H]4OC(C)(C)O[C@@H]4[C@H]3CC1C2. The summed E-state index contributed by atoms with van der Waals surface area (Å²) in [5.41, 5.74) is 1.34. The maximum absolute atomic E-state index is 14.3. The maximum atomic E-state index is 14.3. The van der Waals surface area contributed by atoms with E-state index in [1.807, 2.05) is 39.0 Å². The summed E-state index contributed by atoms with van der Waals surface area (Å²) in [5.74, 6) is -0.610. The minimum Gasteiger partial charge on any atom is -0.507 e. The second-order valence-electron chi connectivity index (χ2n) is 12.3. The van der Waals surface area contributed by atoms with Crippen molar-refractivity contribution < 1.29 is 33.3 Å². The number of carbonyl (C=O) groups is 1. The van der Waals surface area contributed by atoms with Gasteiger partial charge in [-0.3, -0.25) is 4.79 Å². The number of rotatable bonds is 5. The van der Waals surface area contributed by atoms with Crippen LogP contribution in [0.15, 0.2) is 23.8 Å². The Bertz CT molecular complexity index is 1090. The van der Waals surface area contributed by atoms with Crippen LogP contribution in [0.1, 0.15) is 44.7 Å². The third-order valence-corrected chi connectivity index (χ3v) is 9.48. The van der Waals surface area contributed by atoms with Gasteiger partial charge in [-0.1, -0.05) is 12.1 Å². The summed E-state index contributed by atoms with van der Waals surface area (Å²) in [4.78, 5) is 14.3. The van der Waals surface area contributed by atoms with E-state index in [0.29, 0.717) is 29.7 Å². The summed E-state index contributed by atoms with van der Waals surface area (Å²) in [6.07, 6.45) is 0.949. The molecule has 0 aromatic heterocycles. The molecule has 1 aromatic carbocycles. The lowest BCUT2D eigenvalue weighted by Gasteiger charge is -2.55. The molecule has 3 aliphatic carbocycles. The number of fused-ring (bicyclic) bond motifs is 5. The number of ether oxygens (including phenoxy) is 4. The van der Waals surface area contributed by atoms with E-state index < -0.39 is 19.7 Å². The number of carbonyl (C=O) groups excluding carboxylic acids is 1. The van der Waals surface area contributed by atoms with Crippen LogP contribution in [0.4, 0.5) is 0 Å². The molecule has 3 fully saturated rings. The van der Waals surface area contributed by atoms with E-state index in [1.54, 1.807) is 14.2 Å². The summed E-state index contributed by atoms with van der Waals surface area (Å²) >= 11 is 0. The van der Waals surface area contributed by atoms with E-state index in [2.05, 4.69) is 19.6 Å². The number of allylic oxidation sites excluding steroid dienone is 1. The van der Waals surface area contributed by atoms with Gasteiger partial charge < -0.3 is 28.5 Å². The van der Waals surface area contributed by atoms with Crippen molar-refractivity contribution in [3.05, 3.63) is 34.9 Å². The van der Waals surface area contributed by atoms with Crippen LogP contribution in [0.25, 0.3) is 5.76 Å². The van der Waals surface area contributed by atoms with E-state index in [0.717, 1.165) is 12.0 Å². The third kappa shape index (κ3) is 3.96. The summed E-state index contributed by atoms with van der Waals surface area (Å²) in [5, 5.41) is 11.4. The first-order valence-electron chi connectivity index (χ1n) is 13.0. The first-order chi connectivity index (χ1) is 16.8. The molecule has 1 saturated heterocycles. The fourth-order valence-electron chi connectivity index (χ4n) is 7.18. The van der Waals surface area contributed by atoms with Gasteiger partial charge in [0.1, 0.15) is 23.2 Å². The van der Waals surface area contributed by atoms with Crippen LogP contribution in [-0.4, -0.2) is 63.1 Å². The molecule has 1 heterocycles. The van der Waals surface area contributed by atoms with Gasteiger partial charge in [0.05, 0.1) is 24.9 Å². The topological polar surface area (TPSA) is 83.5 Å². The quantitative estimate of drug-likeness (QED) is 0.558. The molecule has 0 radical (unpaired) electrons. The molecule has 8 heteroatoms. The second kappa shape index (κ2) is 8.66. The van der Waals surface area contributed by atoms with Crippen molar-refractivity contribution in [2.24, 2.45) is 17.8 Å². The van der Waals surface area contributed by atoms with Gasteiger partial charge in [0, 0.05) is 18.6 Å². The average Bonchev–Trinajstić information content (AvgIpc) is 3.14. The number of aliphatic hydroxyl groups is 1. The van der Waals surface area contributed by atoms with E-state index in [4.69, 9.17) is 23.4 Å². The smallest absolute Gasteiger partial charge is 0.184 e. The molecule has 7 nitrogen and oxygen atoms in total. The number of hydrogen-bond donors (Lipinski definition) is 1. The van der Waals surface area contributed by atoms with Crippen molar-refractivity contribution in [3.63, 3.8) is 0 Å². The van der Waals surface area contributed by atoms with Crippen molar-refractivity contribution in [3.8, 4) is 5.75 Å². The first kappa shape index (κ1) is 25.9. The highest BCUT2D eigenvalue weighted by atomic mass is 28.4. The number of aliphatic hydroxyl groups excluding tert-OH is 1. The van der Waals surface area contributed by atoms with Gasteiger partial charge >= 0.3 is 0 Å². The van der Waals surface area contributed by atoms with Crippen LogP contribution >= 0.6 is 0 Å². The van der Waals surface area contributed by atoms with E-state index >= 15 is 0 Å². The zero-order valence-corrected chi connectivity index (χ0v) is 23.7. The maximum Gasteiger partial charge on any atom is 0.184 e. The van der Waals surface area contributed by atoms with Crippen LogP contribution in [0.5, 0.6) is 5.75 Å². The molecule has 1 N–H and O–H groups in total. The van der Waals surface area contributed by atoms with Crippen molar-refractivity contribution in [2.75, 3.05) is 14.2 Å². The average molecular weight is 517 g/mol.